The highest BCUT2D eigenvalue weighted by molar-refractivity contribution is 7.86. The first-order chi connectivity index (χ1) is 9.04. The highest BCUT2D eigenvalue weighted by atomic mass is 32.2. The zero-order chi connectivity index (χ0) is 13.9. The Kier molecular flexibility index (Phi) is 5.22. The molecule has 0 aromatic carbocycles. The predicted octanol–water partition coefficient (Wildman–Crippen LogP) is 1.02. The van der Waals surface area contributed by atoms with Crippen LogP contribution in [0.15, 0.2) is 0 Å². The summed E-state index contributed by atoms with van der Waals surface area (Å²) in [7, 11) is -3.24. The quantitative estimate of drug-likeness (QED) is 0.843. The molecular formula is C13H27N3O2S. The van der Waals surface area contributed by atoms with E-state index in [0.29, 0.717) is 44.6 Å². The standard InChI is InChI=1S/C13H27N3O2S/c1-12-3-2-7-15(8-4-12)19(17,18)16-9-5-13(11-14)6-10-16/h12-13H,2-11,14H2,1H3. The minimum atomic E-state index is -3.24. The molecular weight excluding hydrogens is 262 g/mol. The third kappa shape index (κ3) is 3.68. The summed E-state index contributed by atoms with van der Waals surface area (Å²) < 4.78 is 28.6. The molecule has 0 aliphatic carbocycles. The van der Waals surface area contributed by atoms with Gasteiger partial charge >= 0.3 is 0 Å². The van der Waals surface area contributed by atoms with Gasteiger partial charge < -0.3 is 5.73 Å². The zero-order valence-electron chi connectivity index (χ0n) is 11.9. The Morgan fingerprint density at radius 3 is 2.21 bits per heavy atom. The molecule has 2 aliphatic rings. The van der Waals surface area contributed by atoms with Crippen LogP contribution < -0.4 is 5.73 Å². The average molecular weight is 289 g/mol. The van der Waals surface area contributed by atoms with E-state index >= 15 is 0 Å². The van der Waals surface area contributed by atoms with Gasteiger partial charge in [0.2, 0.25) is 0 Å². The predicted molar refractivity (Wildman–Crippen MR) is 76.9 cm³/mol. The maximum absolute atomic E-state index is 12.6. The first-order valence-electron chi connectivity index (χ1n) is 7.49. The van der Waals surface area contributed by atoms with E-state index in [1.807, 2.05) is 0 Å². The van der Waals surface area contributed by atoms with Gasteiger partial charge in [0.05, 0.1) is 0 Å². The highest BCUT2D eigenvalue weighted by Crippen LogP contribution is 2.24. The Morgan fingerprint density at radius 2 is 1.58 bits per heavy atom. The second-order valence-electron chi connectivity index (χ2n) is 6.02. The summed E-state index contributed by atoms with van der Waals surface area (Å²) in [5.41, 5.74) is 5.66. The fraction of sp³-hybridized carbons (Fsp3) is 1.00. The van der Waals surface area contributed by atoms with E-state index in [9.17, 15) is 8.42 Å². The molecule has 0 spiro atoms. The molecule has 0 radical (unpaired) electrons. The number of nitrogens with zero attached hydrogens (tertiary/aromatic N) is 2. The van der Waals surface area contributed by atoms with Crippen molar-refractivity contribution >= 4 is 10.2 Å². The number of hydrogen-bond donors (Lipinski definition) is 1. The van der Waals surface area contributed by atoms with Crippen molar-refractivity contribution in [1.82, 2.24) is 8.61 Å². The summed E-state index contributed by atoms with van der Waals surface area (Å²) in [6.45, 7) is 5.52. The van der Waals surface area contributed by atoms with Crippen LogP contribution in [0.5, 0.6) is 0 Å². The maximum atomic E-state index is 12.6. The van der Waals surface area contributed by atoms with Crippen LogP contribution in [0, 0.1) is 11.8 Å². The van der Waals surface area contributed by atoms with Crippen LogP contribution in [0.2, 0.25) is 0 Å². The summed E-state index contributed by atoms with van der Waals surface area (Å²) in [4.78, 5) is 0. The molecule has 0 bridgehead atoms. The Morgan fingerprint density at radius 1 is 1.00 bits per heavy atom. The third-order valence-electron chi connectivity index (χ3n) is 4.54. The smallest absolute Gasteiger partial charge is 0.281 e. The van der Waals surface area contributed by atoms with Crippen LogP contribution in [-0.4, -0.2) is 49.8 Å². The monoisotopic (exact) mass is 289 g/mol. The minimum Gasteiger partial charge on any atom is -0.330 e. The van der Waals surface area contributed by atoms with Gasteiger partial charge in [-0.3, -0.25) is 0 Å². The van der Waals surface area contributed by atoms with Crippen molar-refractivity contribution in [3.8, 4) is 0 Å². The van der Waals surface area contributed by atoms with Gasteiger partial charge in [-0.05, 0) is 50.5 Å². The van der Waals surface area contributed by atoms with Crippen LogP contribution >= 0.6 is 0 Å². The van der Waals surface area contributed by atoms with Crippen molar-refractivity contribution in [3.63, 3.8) is 0 Å². The molecule has 112 valence electrons. The fourth-order valence-electron chi connectivity index (χ4n) is 3.01. The van der Waals surface area contributed by atoms with Crippen LogP contribution in [0.4, 0.5) is 0 Å². The average Bonchev–Trinajstić information content (AvgIpc) is 2.64. The summed E-state index contributed by atoms with van der Waals surface area (Å²) in [6, 6.07) is 0. The summed E-state index contributed by atoms with van der Waals surface area (Å²) in [6.07, 6.45) is 4.92. The molecule has 2 heterocycles. The first-order valence-corrected chi connectivity index (χ1v) is 8.89. The van der Waals surface area contributed by atoms with E-state index in [0.717, 1.165) is 32.1 Å². The normalized spacial score (nSPS) is 29.3. The van der Waals surface area contributed by atoms with Gasteiger partial charge in [-0.2, -0.15) is 17.0 Å². The lowest BCUT2D eigenvalue weighted by atomic mass is 9.99. The minimum absolute atomic E-state index is 0.496. The van der Waals surface area contributed by atoms with Crippen LogP contribution in [0.25, 0.3) is 0 Å². The van der Waals surface area contributed by atoms with E-state index in [-0.39, 0.29) is 0 Å². The number of rotatable bonds is 3. The lowest BCUT2D eigenvalue weighted by Crippen LogP contribution is -2.48. The van der Waals surface area contributed by atoms with Crippen molar-refractivity contribution in [3.05, 3.63) is 0 Å². The number of nitrogens with two attached hydrogens (primary N) is 1. The molecule has 0 aromatic rings. The Hall–Kier alpha value is -0.170. The Balaban J connectivity index is 1.97. The zero-order valence-corrected chi connectivity index (χ0v) is 12.7. The van der Waals surface area contributed by atoms with Crippen molar-refractivity contribution < 1.29 is 8.42 Å². The van der Waals surface area contributed by atoms with Gasteiger partial charge in [0.25, 0.3) is 10.2 Å². The number of hydrogen-bond acceptors (Lipinski definition) is 3. The molecule has 19 heavy (non-hydrogen) atoms. The SMILES string of the molecule is CC1CCCN(S(=O)(=O)N2CCC(CN)CC2)CC1. The molecule has 5 nitrogen and oxygen atoms in total. The second-order valence-corrected chi connectivity index (χ2v) is 7.95. The molecule has 0 aromatic heterocycles. The molecule has 1 atom stereocenters. The van der Waals surface area contributed by atoms with Crippen LogP contribution in [0.3, 0.4) is 0 Å². The van der Waals surface area contributed by atoms with Gasteiger partial charge in [0, 0.05) is 26.2 Å². The van der Waals surface area contributed by atoms with Gasteiger partial charge in [-0.25, -0.2) is 0 Å². The highest BCUT2D eigenvalue weighted by Gasteiger charge is 2.33. The van der Waals surface area contributed by atoms with Crippen molar-refractivity contribution in [2.75, 3.05) is 32.7 Å². The molecule has 2 N–H and O–H groups in total. The van der Waals surface area contributed by atoms with Crippen molar-refractivity contribution in [2.24, 2.45) is 17.6 Å². The van der Waals surface area contributed by atoms with Gasteiger partial charge in [-0.15, -0.1) is 0 Å². The van der Waals surface area contributed by atoms with Crippen molar-refractivity contribution in [2.45, 2.75) is 39.0 Å². The molecule has 2 rings (SSSR count). The van der Waals surface area contributed by atoms with E-state index in [2.05, 4.69) is 6.92 Å². The molecule has 2 aliphatic heterocycles. The third-order valence-corrected chi connectivity index (χ3v) is 6.57. The maximum Gasteiger partial charge on any atom is 0.281 e. The summed E-state index contributed by atoms with van der Waals surface area (Å²) in [5, 5.41) is 0. The van der Waals surface area contributed by atoms with E-state index < -0.39 is 10.2 Å². The fourth-order valence-corrected chi connectivity index (χ4v) is 4.70. The van der Waals surface area contributed by atoms with Crippen LogP contribution in [-0.2, 0) is 10.2 Å². The molecule has 1 unspecified atom stereocenters. The van der Waals surface area contributed by atoms with E-state index in [1.54, 1.807) is 8.61 Å². The van der Waals surface area contributed by atoms with E-state index in [1.165, 1.54) is 0 Å². The van der Waals surface area contributed by atoms with Gasteiger partial charge in [0.1, 0.15) is 0 Å². The van der Waals surface area contributed by atoms with Gasteiger partial charge in [0.15, 0.2) is 0 Å². The van der Waals surface area contributed by atoms with E-state index in [4.69, 9.17) is 5.73 Å². The topological polar surface area (TPSA) is 66.6 Å². The molecule has 6 heteroatoms. The van der Waals surface area contributed by atoms with Gasteiger partial charge in [-0.1, -0.05) is 6.92 Å². The largest absolute Gasteiger partial charge is 0.330 e. The first kappa shape index (κ1) is 15.2. The Labute approximate surface area is 117 Å². The molecule has 2 fully saturated rings. The lowest BCUT2D eigenvalue weighted by Gasteiger charge is -2.34. The van der Waals surface area contributed by atoms with Crippen molar-refractivity contribution in [1.29, 1.82) is 0 Å². The summed E-state index contributed by atoms with van der Waals surface area (Å²) in [5.74, 6) is 1.14. The molecule has 0 saturated carbocycles. The Bertz CT molecular complexity index is 377. The lowest BCUT2D eigenvalue weighted by molar-refractivity contribution is 0.257. The second kappa shape index (κ2) is 6.52. The molecule has 0 amide bonds. The summed E-state index contributed by atoms with van der Waals surface area (Å²) >= 11 is 0. The van der Waals surface area contributed by atoms with Crippen LogP contribution in [0.1, 0.15) is 39.0 Å². The molecule has 2 saturated heterocycles. The number of piperidine rings is 1.